The number of carboxylic acid groups (broad SMARTS) is 1. The summed E-state index contributed by atoms with van der Waals surface area (Å²) < 4.78 is 1.96. The smallest absolute Gasteiger partial charge is 0.335 e. The van der Waals surface area contributed by atoms with Gasteiger partial charge in [-0.3, -0.25) is 0 Å². The van der Waals surface area contributed by atoms with Crippen LogP contribution in [-0.4, -0.2) is 20.6 Å². The minimum absolute atomic E-state index is 0.0504. The summed E-state index contributed by atoms with van der Waals surface area (Å²) in [6.45, 7) is 3.91. The fraction of sp³-hybridized carbons (Fsp3) is 0.286. The SMILES string of the molecule is Cc1cc(C(=O)O)ccc1NC(C)c1nccn1C. The Morgan fingerprint density at radius 2 is 2.21 bits per heavy atom. The van der Waals surface area contributed by atoms with Gasteiger partial charge in [-0.15, -0.1) is 0 Å². The molecule has 1 aromatic heterocycles. The number of carbonyl (C=O) groups is 1. The molecule has 0 radical (unpaired) electrons. The molecule has 100 valence electrons. The predicted molar refractivity (Wildman–Crippen MR) is 73.4 cm³/mol. The van der Waals surface area contributed by atoms with Gasteiger partial charge in [-0.25, -0.2) is 9.78 Å². The number of aromatic nitrogens is 2. The van der Waals surface area contributed by atoms with Crippen molar-refractivity contribution >= 4 is 11.7 Å². The number of benzene rings is 1. The Hall–Kier alpha value is -2.30. The van der Waals surface area contributed by atoms with Crippen LogP contribution in [-0.2, 0) is 7.05 Å². The molecular weight excluding hydrogens is 242 g/mol. The molecule has 0 amide bonds. The highest BCUT2D eigenvalue weighted by molar-refractivity contribution is 5.88. The van der Waals surface area contributed by atoms with Crippen LogP contribution < -0.4 is 5.32 Å². The first-order chi connectivity index (χ1) is 8.99. The molecule has 0 bridgehead atoms. The number of imidazole rings is 1. The molecule has 19 heavy (non-hydrogen) atoms. The van der Waals surface area contributed by atoms with E-state index in [2.05, 4.69) is 10.3 Å². The van der Waals surface area contributed by atoms with E-state index in [0.29, 0.717) is 5.56 Å². The van der Waals surface area contributed by atoms with E-state index in [1.54, 1.807) is 24.4 Å². The number of nitrogens with zero attached hydrogens (tertiary/aromatic N) is 2. The first-order valence-corrected chi connectivity index (χ1v) is 6.06. The maximum atomic E-state index is 10.9. The minimum atomic E-state index is -0.910. The fourth-order valence-corrected chi connectivity index (χ4v) is 2.05. The number of carboxylic acids is 1. The molecule has 0 aliphatic carbocycles. The van der Waals surface area contributed by atoms with Gasteiger partial charge in [0.1, 0.15) is 5.82 Å². The number of hydrogen-bond donors (Lipinski definition) is 2. The number of anilines is 1. The first-order valence-electron chi connectivity index (χ1n) is 6.06. The number of hydrogen-bond acceptors (Lipinski definition) is 3. The van der Waals surface area contributed by atoms with Crippen LogP contribution in [0, 0.1) is 6.92 Å². The van der Waals surface area contributed by atoms with Gasteiger partial charge in [0, 0.05) is 25.1 Å². The lowest BCUT2D eigenvalue weighted by Gasteiger charge is -2.17. The Balaban J connectivity index is 2.20. The monoisotopic (exact) mass is 259 g/mol. The van der Waals surface area contributed by atoms with Gasteiger partial charge in [0.15, 0.2) is 0 Å². The Kier molecular flexibility index (Phi) is 3.55. The van der Waals surface area contributed by atoms with Crippen molar-refractivity contribution in [2.75, 3.05) is 5.32 Å². The van der Waals surface area contributed by atoms with E-state index in [4.69, 9.17) is 5.11 Å². The molecule has 1 aromatic carbocycles. The molecule has 2 N–H and O–H groups in total. The molecule has 5 heteroatoms. The number of rotatable bonds is 4. The Morgan fingerprint density at radius 3 is 2.74 bits per heavy atom. The second-order valence-corrected chi connectivity index (χ2v) is 4.60. The van der Waals surface area contributed by atoms with Crippen LogP contribution in [0.25, 0.3) is 0 Å². The molecule has 2 rings (SSSR count). The molecule has 1 atom stereocenters. The largest absolute Gasteiger partial charge is 0.478 e. The Bertz CT molecular complexity index is 604. The molecule has 0 saturated carbocycles. The molecule has 1 heterocycles. The topological polar surface area (TPSA) is 67.2 Å². The zero-order chi connectivity index (χ0) is 14.0. The average Bonchev–Trinajstić information content (AvgIpc) is 2.77. The highest BCUT2D eigenvalue weighted by atomic mass is 16.4. The van der Waals surface area contributed by atoms with E-state index in [0.717, 1.165) is 17.1 Å². The lowest BCUT2D eigenvalue weighted by Crippen LogP contribution is -2.12. The molecule has 5 nitrogen and oxygen atoms in total. The van der Waals surface area contributed by atoms with E-state index in [1.165, 1.54) is 0 Å². The summed E-state index contributed by atoms with van der Waals surface area (Å²) in [7, 11) is 1.95. The Labute approximate surface area is 111 Å². The minimum Gasteiger partial charge on any atom is -0.478 e. The standard InChI is InChI=1S/C14H17N3O2/c1-9-8-11(14(18)19)4-5-12(9)16-10(2)13-15-6-7-17(13)3/h4-8,10,16H,1-3H3,(H,18,19). The van der Waals surface area contributed by atoms with Crippen LogP contribution in [0.15, 0.2) is 30.6 Å². The fourth-order valence-electron chi connectivity index (χ4n) is 2.05. The van der Waals surface area contributed by atoms with Gasteiger partial charge in [0.05, 0.1) is 11.6 Å². The van der Waals surface area contributed by atoms with Crippen molar-refractivity contribution in [3.05, 3.63) is 47.5 Å². The van der Waals surface area contributed by atoms with Crippen LogP contribution in [0.4, 0.5) is 5.69 Å². The second-order valence-electron chi connectivity index (χ2n) is 4.60. The zero-order valence-electron chi connectivity index (χ0n) is 11.2. The molecule has 0 spiro atoms. The third-order valence-electron chi connectivity index (χ3n) is 3.09. The van der Waals surface area contributed by atoms with E-state index in [9.17, 15) is 4.79 Å². The average molecular weight is 259 g/mol. The zero-order valence-corrected chi connectivity index (χ0v) is 11.2. The van der Waals surface area contributed by atoms with Crippen molar-refractivity contribution in [1.82, 2.24) is 9.55 Å². The van der Waals surface area contributed by atoms with Gasteiger partial charge in [0.2, 0.25) is 0 Å². The third kappa shape index (κ3) is 2.76. The summed E-state index contributed by atoms with van der Waals surface area (Å²) in [5.74, 6) is 0.0218. The second kappa shape index (κ2) is 5.14. The van der Waals surface area contributed by atoms with E-state index >= 15 is 0 Å². The van der Waals surface area contributed by atoms with E-state index < -0.39 is 5.97 Å². The summed E-state index contributed by atoms with van der Waals surface area (Å²) in [6, 6.07) is 5.10. The maximum absolute atomic E-state index is 10.9. The Morgan fingerprint density at radius 1 is 1.47 bits per heavy atom. The first kappa shape index (κ1) is 13.1. The van der Waals surface area contributed by atoms with Crippen molar-refractivity contribution < 1.29 is 9.90 Å². The summed E-state index contributed by atoms with van der Waals surface area (Å²) in [6.07, 6.45) is 3.65. The highest BCUT2D eigenvalue weighted by Crippen LogP contribution is 2.22. The molecule has 2 aromatic rings. The van der Waals surface area contributed by atoms with Crippen molar-refractivity contribution in [3.63, 3.8) is 0 Å². The normalized spacial score (nSPS) is 12.2. The van der Waals surface area contributed by atoms with Crippen molar-refractivity contribution in [3.8, 4) is 0 Å². The van der Waals surface area contributed by atoms with Gasteiger partial charge in [-0.05, 0) is 37.6 Å². The predicted octanol–water partition coefficient (Wildman–Crippen LogP) is 2.60. The summed E-state index contributed by atoms with van der Waals surface area (Å²) in [5.41, 5.74) is 2.12. The highest BCUT2D eigenvalue weighted by Gasteiger charge is 2.12. The molecular formula is C14H17N3O2. The lowest BCUT2D eigenvalue weighted by molar-refractivity contribution is 0.0697. The molecule has 1 unspecified atom stereocenters. The summed E-state index contributed by atoms with van der Waals surface area (Å²) in [5, 5.41) is 12.3. The quantitative estimate of drug-likeness (QED) is 0.885. The number of aryl methyl sites for hydroxylation is 2. The van der Waals surface area contributed by atoms with Crippen LogP contribution in [0.2, 0.25) is 0 Å². The molecule has 0 aliphatic heterocycles. The van der Waals surface area contributed by atoms with Crippen molar-refractivity contribution in [2.45, 2.75) is 19.9 Å². The van der Waals surface area contributed by atoms with E-state index in [-0.39, 0.29) is 6.04 Å². The van der Waals surface area contributed by atoms with E-state index in [1.807, 2.05) is 31.7 Å². The van der Waals surface area contributed by atoms with Crippen molar-refractivity contribution in [2.24, 2.45) is 7.05 Å². The summed E-state index contributed by atoms with van der Waals surface area (Å²) in [4.78, 5) is 15.2. The summed E-state index contributed by atoms with van der Waals surface area (Å²) >= 11 is 0. The van der Waals surface area contributed by atoms with Gasteiger partial charge >= 0.3 is 5.97 Å². The molecule has 0 aliphatic rings. The van der Waals surface area contributed by atoms with Gasteiger partial charge in [-0.1, -0.05) is 0 Å². The van der Waals surface area contributed by atoms with Crippen LogP contribution in [0.3, 0.4) is 0 Å². The van der Waals surface area contributed by atoms with Crippen LogP contribution >= 0.6 is 0 Å². The van der Waals surface area contributed by atoms with Gasteiger partial charge < -0.3 is 15.0 Å². The number of aromatic carboxylic acids is 1. The van der Waals surface area contributed by atoms with Crippen molar-refractivity contribution in [1.29, 1.82) is 0 Å². The molecule has 0 saturated heterocycles. The van der Waals surface area contributed by atoms with Gasteiger partial charge in [0.25, 0.3) is 0 Å². The number of nitrogens with one attached hydrogen (secondary N) is 1. The molecule has 0 fully saturated rings. The van der Waals surface area contributed by atoms with Crippen LogP contribution in [0.5, 0.6) is 0 Å². The van der Waals surface area contributed by atoms with Crippen LogP contribution in [0.1, 0.15) is 34.7 Å². The van der Waals surface area contributed by atoms with Gasteiger partial charge in [-0.2, -0.15) is 0 Å². The lowest BCUT2D eigenvalue weighted by atomic mass is 10.1. The maximum Gasteiger partial charge on any atom is 0.335 e. The third-order valence-corrected chi connectivity index (χ3v) is 3.09.